The highest BCUT2D eigenvalue weighted by Gasteiger charge is 2.13. The van der Waals surface area contributed by atoms with Gasteiger partial charge in [0.25, 0.3) is 5.56 Å². The minimum Gasteiger partial charge on any atom is -0.326 e. The number of thiophene rings is 1. The molecular formula is C23H19N3O3S. The zero-order chi connectivity index (χ0) is 21.1. The second-order valence-corrected chi connectivity index (χ2v) is 7.81. The van der Waals surface area contributed by atoms with Gasteiger partial charge in [-0.25, -0.2) is 4.98 Å². The number of Topliss-reactive ketones (excluding diaryl/α,β-unsaturated/α-hetero) is 1. The van der Waals surface area contributed by atoms with Crippen LogP contribution in [-0.2, 0) is 11.3 Å². The summed E-state index contributed by atoms with van der Waals surface area (Å²) in [7, 11) is 0. The molecule has 0 saturated carbocycles. The molecule has 0 saturated heterocycles. The molecule has 4 aromatic rings. The van der Waals surface area contributed by atoms with Crippen molar-refractivity contribution in [1.29, 1.82) is 0 Å². The van der Waals surface area contributed by atoms with E-state index >= 15 is 0 Å². The number of carbonyl (C=O) groups excluding carboxylic acids is 2. The number of benzene rings is 2. The van der Waals surface area contributed by atoms with Gasteiger partial charge >= 0.3 is 0 Å². The largest absolute Gasteiger partial charge is 0.326 e. The highest BCUT2D eigenvalue weighted by molar-refractivity contribution is 7.21. The number of ketones is 1. The summed E-state index contributed by atoms with van der Waals surface area (Å²) in [6.07, 6.45) is 1.80. The van der Waals surface area contributed by atoms with Crippen LogP contribution < -0.4 is 10.9 Å². The number of rotatable bonds is 6. The molecule has 0 spiro atoms. The summed E-state index contributed by atoms with van der Waals surface area (Å²) in [4.78, 5) is 43.0. The molecule has 0 aliphatic heterocycles. The van der Waals surface area contributed by atoms with Crippen LogP contribution in [0, 0.1) is 0 Å². The standard InChI is InChI=1S/C23H19N3O3S/c1-2-21(28)25-17-10-8-15(9-11-17)19(27)13-26-14-24-22-18(23(26)29)12-20(30-22)16-6-4-3-5-7-16/h3-12,14H,2,13H2,1H3,(H,25,28). The van der Waals surface area contributed by atoms with Crippen molar-refractivity contribution in [3.8, 4) is 10.4 Å². The van der Waals surface area contributed by atoms with Crippen LogP contribution in [0.3, 0.4) is 0 Å². The van der Waals surface area contributed by atoms with Gasteiger partial charge in [0.1, 0.15) is 4.83 Å². The predicted octanol–water partition coefficient (Wildman–Crippen LogP) is 4.36. The van der Waals surface area contributed by atoms with Crippen molar-refractivity contribution >= 4 is 38.9 Å². The third kappa shape index (κ3) is 4.06. The summed E-state index contributed by atoms with van der Waals surface area (Å²) >= 11 is 1.45. The van der Waals surface area contributed by atoms with E-state index < -0.39 is 0 Å². The number of aromatic nitrogens is 2. The third-order valence-electron chi connectivity index (χ3n) is 4.70. The third-order valence-corrected chi connectivity index (χ3v) is 5.79. The summed E-state index contributed by atoms with van der Waals surface area (Å²) in [5.74, 6) is -0.296. The molecule has 0 unspecified atom stereocenters. The van der Waals surface area contributed by atoms with Gasteiger partial charge in [-0.1, -0.05) is 37.3 Å². The van der Waals surface area contributed by atoms with E-state index in [1.165, 1.54) is 22.2 Å². The number of anilines is 1. The quantitative estimate of drug-likeness (QED) is 0.473. The smallest absolute Gasteiger partial charge is 0.262 e. The van der Waals surface area contributed by atoms with Crippen LogP contribution in [0.2, 0.25) is 0 Å². The van der Waals surface area contributed by atoms with Crippen molar-refractivity contribution < 1.29 is 9.59 Å². The van der Waals surface area contributed by atoms with E-state index in [4.69, 9.17) is 0 Å². The lowest BCUT2D eigenvalue weighted by molar-refractivity contribution is -0.115. The fourth-order valence-corrected chi connectivity index (χ4v) is 4.05. The first-order valence-corrected chi connectivity index (χ1v) is 10.3. The van der Waals surface area contributed by atoms with Gasteiger partial charge in [-0.3, -0.25) is 19.0 Å². The maximum Gasteiger partial charge on any atom is 0.262 e. The van der Waals surface area contributed by atoms with Gasteiger partial charge in [-0.05, 0) is 35.9 Å². The van der Waals surface area contributed by atoms with Crippen LogP contribution in [0.25, 0.3) is 20.7 Å². The normalized spacial score (nSPS) is 10.8. The van der Waals surface area contributed by atoms with Gasteiger partial charge in [0.05, 0.1) is 18.3 Å². The molecule has 2 aromatic carbocycles. The Morgan fingerprint density at radius 1 is 1.07 bits per heavy atom. The summed E-state index contributed by atoms with van der Waals surface area (Å²) in [6, 6.07) is 18.3. The monoisotopic (exact) mass is 417 g/mol. The van der Waals surface area contributed by atoms with E-state index in [1.54, 1.807) is 31.2 Å². The molecule has 2 heterocycles. The van der Waals surface area contributed by atoms with Crippen molar-refractivity contribution in [3.05, 3.63) is 82.9 Å². The molecule has 30 heavy (non-hydrogen) atoms. The van der Waals surface area contributed by atoms with E-state index in [0.717, 1.165) is 10.4 Å². The first-order chi connectivity index (χ1) is 14.5. The van der Waals surface area contributed by atoms with Crippen molar-refractivity contribution in [1.82, 2.24) is 9.55 Å². The molecule has 6 nitrogen and oxygen atoms in total. The Labute approximate surface area is 176 Å². The summed E-state index contributed by atoms with van der Waals surface area (Å²) in [5, 5.41) is 3.24. The lowest BCUT2D eigenvalue weighted by atomic mass is 10.1. The number of fused-ring (bicyclic) bond motifs is 1. The van der Waals surface area contributed by atoms with E-state index in [0.29, 0.717) is 27.9 Å². The average Bonchev–Trinajstić information content (AvgIpc) is 3.22. The number of nitrogens with zero attached hydrogens (tertiary/aromatic N) is 2. The highest BCUT2D eigenvalue weighted by Crippen LogP contribution is 2.30. The van der Waals surface area contributed by atoms with Crippen LogP contribution in [0.4, 0.5) is 5.69 Å². The molecule has 7 heteroatoms. The zero-order valence-electron chi connectivity index (χ0n) is 16.3. The zero-order valence-corrected chi connectivity index (χ0v) is 17.1. The summed E-state index contributed by atoms with van der Waals surface area (Å²) in [6.45, 7) is 1.67. The topological polar surface area (TPSA) is 81.1 Å². The predicted molar refractivity (Wildman–Crippen MR) is 119 cm³/mol. The first-order valence-electron chi connectivity index (χ1n) is 9.52. The molecule has 2 aromatic heterocycles. The Morgan fingerprint density at radius 2 is 1.80 bits per heavy atom. The van der Waals surface area contributed by atoms with Gasteiger partial charge < -0.3 is 5.32 Å². The van der Waals surface area contributed by atoms with E-state index in [9.17, 15) is 14.4 Å². The van der Waals surface area contributed by atoms with Gasteiger partial charge in [0.15, 0.2) is 5.78 Å². The minimum absolute atomic E-state index is 0.0920. The van der Waals surface area contributed by atoms with E-state index in [1.807, 2.05) is 36.4 Å². The Morgan fingerprint density at radius 3 is 2.50 bits per heavy atom. The van der Waals surface area contributed by atoms with Crippen molar-refractivity contribution in [2.45, 2.75) is 19.9 Å². The lowest BCUT2D eigenvalue weighted by Gasteiger charge is -2.07. The summed E-state index contributed by atoms with van der Waals surface area (Å²) in [5.41, 5.74) is 1.88. The Kier molecular flexibility index (Phi) is 5.54. The van der Waals surface area contributed by atoms with Gasteiger partial charge in [-0.2, -0.15) is 0 Å². The highest BCUT2D eigenvalue weighted by atomic mass is 32.1. The number of nitrogens with one attached hydrogen (secondary N) is 1. The molecule has 0 fully saturated rings. The van der Waals surface area contributed by atoms with Crippen LogP contribution in [-0.4, -0.2) is 21.2 Å². The Hall–Kier alpha value is -3.58. The number of carbonyl (C=O) groups is 2. The summed E-state index contributed by atoms with van der Waals surface area (Å²) < 4.78 is 1.33. The van der Waals surface area contributed by atoms with Crippen LogP contribution in [0.1, 0.15) is 23.7 Å². The molecule has 0 aliphatic carbocycles. The second-order valence-electron chi connectivity index (χ2n) is 6.78. The molecule has 1 N–H and O–H groups in total. The van der Waals surface area contributed by atoms with E-state index in [2.05, 4.69) is 10.3 Å². The second kappa shape index (κ2) is 8.42. The van der Waals surface area contributed by atoms with E-state index in [-0.39, 0.29) is 23.8 Å². The molecular weight excluding hydrogens is 398 g/mol. The maximum absolute atomic E-state index is 12.9. The molecule has 0 aliphatic rings. The maximum atomic E-state index is 12.9. The minimum atomic E-state index is -0.237. The SMILES string of the molecule is CCC(=O)Nc1ccc(C(=O)Cn2cnc3sc(-c4ccccc4)cc3c2=O)cc1. The van der Waals surface area contributed by atoms with Crippen LogP contribution in [0.15, 0.2) is 71.8 Å². The van der Waals surface area contributed by atoms with Crippen molar-refractivity contribution in [3.63, 3.8) is 0 Å². The number of hydrogen-bond acceptors (Lipinski definition) is 5. The van der Waals surface area contributed by atoms with Gasteiger partial charge in [0, 0.05) is 22.5 Å². The molecule has 150 valence electrons. The Bertz CT molecular complexity index is 1270. The van der Waals surface area contributed by atoms with Gasteiger partial charge in [0.2, 0.25) is 5.91 Å². The van der Waals surface area contributed by atoms with Gasteiger partial charge in [-0.15, -0.1) is 11.3 Å². The molecule has 0 bridgehead atoms. The molecule has 1 amide bonds. The molecule has 0 radical (unpaired) electrons. The van der Waals surface area contributed by atoms with Crippen LogP contribution >= 0.6 is 11.3 Å². The van der Waals surface area contributed by atoms with Crippen molar-refractivity contribution in [2.75, 3.05) is 5.32 Å². The van der Waals surface area contributed by atoms with Crippen LogP contribution in [0.5, 0.6) is 0 Å². The Balaban J connectivity index is 1.56. The molecule has 0 atom stereocenters. The molecule has 4 rings (SSSR count). The number of hydrogen-bond donors (Lipinski definition) is 1. The fraction of sp³-hybridized carbons (Fsp3) is 0.130. The fourth-order valence-electron chi connectivity index (χ4n) is 3.05. The number of amides is 1. The average molecular weight is 417 g/mol. The van der Waals surface area contributed by atoms with Crippen molar-refractivity contribution in [2.24, 2.45) is 0 Å². The lowest BCUT2D eigenvalue weighted by Crippen LogP contribution is -2.24. The first kappa shape index (κ1) is 19.7.